The first kappa shape index (κ1) is 11.0. The molecule has 82 valence electrons. The van der Waals surface area contributed by atoms with Crippen molar-refractivity contribution in [3.63, 3.8) is 0 Å². The van der Waals surface area contributed by atoms with Crippen molar-refractivity contribution in [1.29, 1.82) is 0 Å². The van der Waals surface area contributed by atoms with E-state index in [4.69, 9.17) is 0 Å². The van der Waals surface area contributed by atoms with E-state index >= 15 is 0 Å². The number of rotatable bonds is 1. The Morgan fingerprint density at radius 3 is 2.60 bits per heavy atom. The molecule has 0 saturated heterocycles. The molecule has 1 aliphatic rings. The van der Waals surface area contributed by atoms with Gasteiger partial charge in [-0.15, -0.1) is 11.8 Å². The van der Waals surface area contributed by atoms with Crippen LogP contribution in [0.2, 0.25) is 0 Å². The molecule has 2 unspecified atom stereocenters. The van der Waals surface area contributed by atoms with Gasteiger partial charge in [0.25, 0.3) is 0 Å². The van der Waals surface area contributed by atoms with E-state index in [0.717, 1.165) is 5.25 Å². The van der Waals surface area contributed by atoms with Crippen molar-refractivity contribution in [1.82, 2.24) is 5.32 Å². The number of fused-ring (bicyclic) bond motifs is 1. The molecule has 1 aliphatic heterocycles. The Kier molecular flexibility index (Phi) is 3.08. The van der Waals surface area contributed by atoms with Gasteiger partial charge in [0.15, 0.2) is 0 Å². The Balaban J connectivity index is 2.54. The molecule has 1 nitrogen and oxygen atoms in total. The second-order valence-corrected chi connectivity index (χ2v) is 5.90. The van der Waals surface area contributed by atoms with Gasteiger partial charge in [0.05, 0.1) is 0 Å². The lowest BCUT2D eigenvalue weighted by Gasteiger charge is -2.31. The number of aryl methyl sites for hydroxylation is 2. The Morgan fingerprint density at radius 2 is 1.93 bits per heavy atom. The second kappa shape index (κ2) is 4.18. The zero-order valence-corrected chi connectivity index (χ0v) is 10.7. The van der Waals surface area contributed by atoms with Gasteiger partial charge in [-0.25, -0.2) is 0 Å². The van der Waals surface area contributed by atoms with Gasteiger partial charge in [-0.2, -0.15) is 0 Å². The van der Waals surface area contributed by atoms with Crippen molar-refractivity contribution in [2.75, 3.05) is 7.05 Å². The number of thioether (sulfide) groups is 1. The van der Waals surface area contributed by atoms with Crippen LogP contribution in [0.5, 0.6) is 0 Å². The summed E-state index contributed by atoms with van der Waals surface area (Å²) >= 11 is 2.03. The molecule has 0 fully saturated rings. The van der Waals surface area contributed by atoms with E-state index in [1.807, 2.05) is 11.8 Å². The summed E-state index contributed by atoms with van der Waals surface area (Å²) in [6.07, 6.45) is 1.23. The lowest BCUT2D eigenvalue weighted by Crippen LogP contribution is -2.25. The van der Waals surface area contributed by atoms with Crippen LogP contribution < -0.4 is 5.32 Å². The quantitative estimate of drug-likeness (QED) is 0.779. The molecule has 15 heavy (non-hydrogen) atoms. The highest BCUT2D eigenvalue weighted by Crippen LogP contribution is 2.43. The molecule has 1 N–H and O–H groups in total. The lowest BCUT2D eigenvalue weighted by molar-refractivity contribution is 0.527. The molecule has 0 radical (unpaired) electrons. The molecule has 0 bridgehead atoms. The molecular weight excluding hydrogens is 202 g/mol. The summed E-state index contributed by atoms with van der Waals surface area (Å²) in [7, 11) is 2.07. The maximum absolute atomic E-state index is 3.45. The van der Waals surface area contributed by atoms with Crippen molar-refractivity contribution < 1.29 is 0 Å². The van der Waals surface area contributed by atoms with Crippen LogP contribution in [0, 0.1) is 13.8 Å². The van der Waals surface area contributed by atoms with Crippen LogP contribution in [0.4, 0.5) is 0 Å². The summed E-state index contributed by atoms with van der Waals surface area (Å²) in [6.45, 7) is 6.76. The maximum atomic E-state index is 3.45. The molecular formula is C13H19NS. The summed E-state index contributed by atoms with van der Waals surface area (Å²) < 4.78 is 0. The molecule has 1 aromatic rings. The summed E-state index contributed by atoms with van der Waals surface area (Å²) in [6, 6.07) is 5.03. The van der Waals surface area contributed by atoms with Gasteiger partial charge in [-0.05, 0) is 44.0 Å². The fourth-order valence-electron chi connectivity index (χ4n) is 2.36. The Morgan fingerprint density at radius 1 is 1.27 bits per heavy atom. The molecule has 0 aromatic heterocycles. The lowest BCUT2D eigenvalue weighted by atomic mass is 9.95. The van der Waals surface area contributed by atoms with Crippen molar-refractivity contribution in [2.24, 2.45) is 0 Å². The summed E-state index contributed by atoms with van der Waals surface area (Å²) in [5.74, 6) is 0. The third kappa shape index (κ3) is 1.93. The third-order valence-electron chi connectivity index (χ3n) is 3.19. The summed E-state index contributed by atoms with van der Waals surface area (Å²) in [4.78, 5) is 1.51. The third-order valence-corrected chi connectivity index (χ3v) is 4.57. The molecule has 0 aliphatic carbocycles. The molecule has 0 amide bonds. The second-order valence-electron chi connectivity index (χ2n) is 4.45. The number of hydrogen-bond acceptors (Lipinski definition) is 2. The predicted molar refractivity (Wildman–Crippen MR) is 67.7 cm³/mol. The first-order chi connectivity index (χ1) is 7.13. The molecule has 1 heterocycles. The van der Waals surface area contributed by atoms with E-state index in [1.54, 1.807) is 0 Å². The van der Waals surface area contributed by atoms with E-state index in [2.05, 4.69) is 45.3 Å². The van der Waals surface area contributed by atoms with Gasteiger partial charge in [-0.1, -0.05) is 19.1 Å². The van der Waals surface area contributed by atoms with E-state index in [0.29, 0.717) is 6.04 Å². The highest BCUT2D eigenvalue weighted by atomic mass is 32.2. The maximum Gasteiger partial charge on any atom is 0.0342 e. The summed E-state index contributed by atoms with van der Waals surface area (Å²) in [5.41, 5.74) is 4.38. The Hall–Kier alpha value is -0.470. The van der Waals surface area contributed by atoms with Crippen molar-refractivity contribution in [3.05, 3.63) is 28.8 Å². The van der Waals surface area contributed by atoms with Crippen LogP contribution >= 0.6 is 11.8 Å². The van der Waals surface area contributed by atoms with Crippen LogP contribution in [0.1, 0.15) is 36.1 Å². The van der Waals surface area contributed by atoms with Gasteiger partial charge in [-0.3, -0.25) is 0 Å². The van der Waals surface area contributed by atoms with Crippen LogP contribution in [-0.2, 0) is 0 Å². The number of nitrogens with one attached hydrogen (secondary N) is 1. The number of hydrogen-bond donors (Lipinski definition) is 1. The van der Waals surface area contributed by atoms with Crippen LogP contribution in [0.3, 0.4) is 0 Å². The van der Waals surface area contributed by atoms with Gasteiger partial charge in [0, 0.05) is 16.2 Å². The van der Waals surface area contributed by atoms with E-state index in [9.17, 15) is 0 Å². The minimum Gasteiger partial charge on any atom is -0.313 e. The average molecular weight is 221 g/mol. The minimum atomic E-state index is 0.538. The van der Waals surface area contributed by atoms with E-state index in [1.165, 1.54) is 28.0 Å². The first-order valence-corrected chi connectivity index (χ1v) is 6.45. The van der Waals surface area contributed by atoms with Crippen molar-refractivity contribution in [2.45, 2.75) is 43.4 Å². The zero-order chi connectivity index (χ0) is 11.0. The molecule has 2 atom stereocenters. The normalized spacial score (nSPS) is 25.1. The van der Waals surface area contributed by atoms with E-state index < -0.39 is 0 Å². The molecule has 2 heteroatoms. The molecule has 1 aromatic carbocycles. The van der Waals surface area contributed by atoms with Gasteiger partial charge >= 0.3 is 0 Å². The standard InChI is InChI=1S/C13H19NS/c1-8-5-6-9(2)13-12(8)11(14-4)7-10(3)15-13/h5-6,10-11,14H,7H2,1-4H3. The monoisotopic (exact) mass is 221 g/mol. The molecule has 0 spiro atoms. The van der Waals surface area contributed by atoms with Crippen LogP contribution in [0.15, 0.2) is 17.0 Å². The van der Waals surface area contributed by atoms with E-state index in [-0.39, 0.29) is 0 Å². The van der Waals surface area contributed by atoms with Crippen LogP contribution in [-0.4, -0.2) is 12.3 Å². The SMILES string of the molecule is CNC1CC(C)Sc2c(C)ccc(C)c21. The largest absolute Gasteiger partial charge is 0.313 e. The Labute approximate surface area is 96.7 Å². The smallest absolute Gasteiger partial charge is 0.0342 e. The molecule has 2 rings (SSSR count). The zero-order valence-electron chi connectivity index (χ0n) is 9.92. The molecule has 0 saturated carbocycles. The predicted octanol–water partition coefficient (Wildman–Crippen LogP) is 3.45. The first-order valence-electron chi connectivity index (χ1n) is 5.57. The van der Waals surface area contributed by atoms with Gasteiger partial charge in [0.1, 0.15) is 0 Å². The van der Waals surface area contributed by atoms with Crippen molar-refractivity contribution >= 4 is 11.8 Å². The van der Waals surface area contributed by atoms with Gasteiger partial charge < -0.3 is 5.32 Å². The minimum absolute atomic E-state index is 0.538. The average Bonchev–Trinajstić information content (AvgIpc) is 2.22. The van der Waals surface area contributed by atoms with Gasteiger partial charge in [0.2, 0.25) is 0 Å². The Bertz CT molecular complexity index is 373. The van der Waals surface area contributed by atoms with Crippen molar-refractivity contribution in [3.8, 4) is 0 Å². The highest BCUT2D eigenvalue weighted by Gasteiger charge is 2.26. The van der Waals surface area contributed by atoms with Crippen LogP contribution in [0.25, 0.3) is 0 Å². The number of benzene rings is 1. The fourth-order valence-corrected chi connectivity index (χ4v) is 3.73. The highest BCUT2D eigenvalue weighted by molar-refractivity contribution is 8.00. The fraction of sp³-hybridized carbons (Fsp3) is 0.538. The summed E-state index contributed by atoms with van der Waals surface area (Å²) in [5, 5.41) is 4.16. The topological polar surface area (TPSA) is 12.0 Å².